The lowest BCUT2D eigenvalue weighted by Gasteiger charge is -2.38. The van der Waals surface area contributed by atoms with Crippen LogP contribution in [0.4, 0.5) is 0 Å². The van der Waals surface area contributed by atoms with Crippen molar-refractivity contribution in [2.24, 2.45) is 17.8 Å². The lowest BCUT2D eigenvalue weighted by Crippen LogP contribution is -2.32. The van der Waals surface area contributed by atoms with Crippen molar-refractivity contribution >= 4 is 17.4 Å². The Labute approximate surface area is 90.5 Å². The van der Waals surface area contributed by atoms with Crippen LogP contribution in [0.5, 0.6) is 0 Å². The van der Waals surface area contributed by atoms with E-state index < -0.39 is 0 Å². The van der Waals surface area contributed by atoms with Gasteiger partial charge in [-0.1, -0.05) is 30.9 Å². The molecular formula is C12H17ClO. The van der Waals surface area contributed by atoms with Crippen LogP contribution >= 0.6 is 11.6 Å². The van der Waals surface area contributed by atoms with Crippen LogP contribution in [-0.2, 0) is 4.79 Å². The van der Waals surface area contributed by atoms with Crippen molar-refractivity contribution in [2.45, 2.75) is 38.5 Å². The summed E-state index contributed by atoms with van der Waals surface area (Å²) in [6.07, 6.45) is 9.37. The fraction of sp³-hybridized carbons (Fsp3) is 0.750. The van der Waals surface area contributed by atoms with E-state index in [1.807, 2.05) is 0 Å². The van der Waals surface area contributed by atoms with Crippen LogP contribution in [0.3, 0.4) is 0 Å². The van der Waals surface area contributed by atoms with Gasteiger partial charge < -0.3 is 0 Å². The van der Waals surface area contributed by atoms with Gasteiger partial charge in [0.05, 0.1) is 0 Å². The predicted octanol–water partition coefficient (Wildman–Crippen LogP) is 3.52. The number of carbonyl (C=O) groups is 1. The molecule has 0 N–H and O–H groups in total. The molecular weight excluding hydrogens is 196 g/mol. The molecule has 0 heterocycles. The monoisotopic (exact) mass is 212 g/mol. The van der Waals surface area contributed by atoms with Gasteiger partial charge in [0.15, 0.2) is 5.78 Å². The Bertz CT molecular complexity index is 237. The molecule has 0 spiro atoms. The van der Waals surface area contributed by atoms with E-state index in [1.165, 1.54) is 37.3 Å². The third-order valence-electron chi connectivity index (χ3n) is 3.76. The van der Waals surface area contributed by atoms with Gasteiger partial charge in [0.2, 0.25) is 0 Å². The Kier molecular flexibility index (Phi) is 3.27. The zero-order valence-electron chi connectivity index (χ0n) is 8.42. The average Bonchev–Trinajstić information content (AvgIpc) is 1.98. The molecule has 14 heavy (non-hydrogen) atoms. The highest BCUT2D eigenvalue weighted by molar-refractivity contribution is 6.26. The van der Waals surface area contributed by atoms with E-state index >= 15 is 0 Å². The molecule has 78 valence electrons. The molecule has 0 radical (unpaired) electrons. The van der Waals surface area contributed by atoms with Crippen molar-refractivity contribution < 1.29 is 4.79 Å². The number of hydrogen-bond acceptors (Lipinski definition) is 1. The van der Waals surface area contributed by atoms with Crippen molar-refractivity contribution in [1.82, 2.24) is 0 Å². The van der Waals surface area contributed by atoms with Crippen LogP contribution in [0.25, 0.3) is 0 Å². The van der Waals surface area contributed by atoms with Gasteiger partial charge >= 0.3 is 0 Å². The van der Waals surface area contributed by atoms with Gasteiger partial charge in [0, 0.05) is 11.5 Å². The molecule has 0 unspecified atom stereocenters. The second-order valence-corrected chi connectivity index (χ2v) is 5.01. The van der Waals surface area contributed by atoms with Gasteiger partial charge in [0.1, 0.15) is 0 Å². The van der Waals surface area contributed by atoms with Crippen molar-refractivity contribution in [3.05, 3.63) is 11.6 Å². The Balaban J connectivity index is 1.65. The van der Waals surface area contributed by atoms with Gasteiger partial charge in [-0.25, -0.2) is 0 Å². The predicted molar refractivity (Wildman–Crippen MR) is 58.2 cm³/mol. The van der Waals surface area contributed by atoms with Crippen LogP contribution in [0.1, 0.15) is 38.5 Å². The minimum Gasteiger partial charge on any atom is -0.295 e. The highest BCUT2D eigenvalue weighted by atomic mass is 35.5. The first-order chi connectivity index (χ1) is 6.79. The smallest absolute Gasteiger partial charge is 0.159 e. The number of carbonyl (C=O) groups excluding carboxylic acids is 1. The first-order valence-electron chi connectivity index (χ1n) is 5.60. The topological polar surface area (TPSA) is 17.1 Å². The lowest BCUT2D eigenvalue weighted by molar-refractivity contribution is -0.122. The fourth-order valence-corrected chi connectivity index (χ4v) is 2.68. The molecule has 0 saturated heterocycles. The molecule has 0 amide bonds. The molecule has 2 fully saturated rings. The van der Waals surface area contributed by atoms with Crippen molar-refractivity contribution in [3.63, 3.8) is 0 Å². The van der Waals surface area contributed by atoms with Crippen molar-refractivity contribution in [3.8, 4) is 0 Å². The minimum absolute atomic E-state index is 0.227. The van der Waals surface area contributed by atoms with Crippen molar-refractivity contribution in [1.29, 1.82) is 0 Å². The summed E-state index contributed by atoms with van der Waals surface area (Å²) in [4.78, 5) is 11.4. The van der Waals surface area contributed by atoms with E-state index in [1.54, 1.807) is 0 Å². The zero-order valence-corrected chi connectivity index (χ0v) is 9.17. The summed E-state index contributed by atoms with van der Waals surface area (Å²) < 4.78 is 0. The van der Waals surface area contributed by atoms with Gasteiger partial charge in [-0.2, -0.15) is 0 Å². The molecule has 0 bridgehead atoms. The van der Waals surface area contributed by atoms with Gasteiger partial charge in [-0.15, -0.1) is 0 Å². The minimum atomic E-state index is 0.227. The van der Waals surface area contributed by atoms with Gasteiger partial charge in [-0.05, 0) is 37.2 Å². The second-order valence-electron chi connectivity index (χ2n) is 4.76. The maximum Gasteiger partial charge on any atom is 0.159 e. The average molecular weight is 213 g/mol. The van der Waals surface area contributed by atoms with Crippen LogP contribution in [0.15, 0.2) is 11.6 Å². The molecule has 2 rings (SSSR count). The number of hydrogen-bond donors (Lipinski definition) is 0. The molecule has 2 saturated carbocycles. The molecule has 0 atom stereocenters. The van der Waals surface area contributed by atoms with E-state index in [9.17, 15) is 4.79 Å². The number of rotatable bonds is 4. The van der Waals surface area contributed by atoms with Crippen LogP contribution in [0, 0.1) is 17.8 Å². The van der Waals surface area contributed by atoms with Crippen LogP contribution in [0.2, 0.25) is 0 Å². The van der Waals surface area contributed by atoms with E-state index in [0.29, 0.717) is 0 Å². The largest absolute Gasteiger partial charge is 0.295 e. The molecule has 2 aliphatic carbocycles. The highest BCUT2D eigenvalue weighted by Gasteiger charge is 2.35. The quantitative estimate of drug-likeness (QED) is 0.652. The van der Waals surface area contributed by atoms with Gasteiger partial charge in [0.25, 0.3) is 0 Å². The normalized spacial score (nSPS) is 32.6. The summed E-state index contributed by atoms with van der Waals surface area (Å²) in [5.41, 5.74) is 1.33. The van der Waals surface area contributed by atoms with Gasteiger partial charge in [-0.3, -0.25) is 4.79 Å². The van der Waals surface area contributed by atoms with E-state index in [4.69, 9.17) is 11.6 Å². The summed E-state index contributed by atoms with van der Waals surface area (Å²) in [5, 5.41) is 0. The molecule has 2 heteroatoms. The SMILES string of the molecule is O=C(/C=C/Cl)C1CC(CC2CCC2)C1. The van der Waals surface area contributed by atoms with E-state index in [0.717, 1.165) is 24.7 Å². The lowest BCUT2D eigenvalue weighted by atomic mass is 9.66. The molecule has 0 aromatic rings. The molecule has 0 aromatic carbocycles. The summed E-state index contributed by atoms with van der Waals surface area (Å²) in [5.74, 6) is 2.33. The Morgan fingerprint density at radius 3 is 2.50 bits per heavy atom. The summed E-state index contributed by atoms with van der Waals surface area (Å²) in [6, 6.07) is 0. The Hall–Kier alpha value is -0.300. The first-order valence-corrected chi connectivity index (χ1v) is 6.04. The second kappa shape index (κ2) is 4.48. The summed E-state index contributed by atoms with van der Waals surface area (Å²) >= 11 is 5.37. The summed E-state index contributed by atoms with van der Waals surface area (Å²) in [6.45, 7) is 0. The number of halogens is 1. The maximum atomic E-state index is 11.4. The Morgan fingerprint density at radius 2 is 2.00 bits per heavy atom. The van der Waals surface area contributed by atoms with Crippen LogP contribution in [-0.4, -0.2) is 5.78 Å². The van der Waals surface area contributed by atoms with E-state index in [-0.39, 0.29) is 11.7 Å². The molecule has 0 aromatic heterocycles. The molecule has 0 aliphatic heterocycles. The standard InChI is InChI=1S/C12H17ClO/c13-5-4-12(14)11-7-10(8-11)6-9-2-1-3-9/h4-5,9-11H,1-3,6-8H2/b5-4+. The zero-order chi connectivity index (χ0) is 9.97. The number of allylic oxidation sites excluding steroid dienone is 1. The highest BCUT2D eigenvalue weighted by Crippen LogP contribution is 2.43. The Morgan fingerprint density at radius 1 is 1.29 bits per heavy atom. The summed E-state index contributed by atoms with van der Waals surface area (Å²) in [7, 11) is 0. The van der Waals surface area contributed by atoms with Crippen molar-refractivity contribution in [2.75, 3.05) is 0 Å². The fourth-order valence-electron chi connectivity index (χ4n) is 2.56. The maximum absolute atomic E-state index is 11.4. The third-order valence-corrected chi connectivity index (χ3v) is 3.88. The number of ketones is 1. The molecule has 1 nitrogen and oxygen atoms in total. The first kappa shape index (κ1) is 10.2. The van der Waals surface area contributed by atoms with Crippen LogP contribution < -0.4 is 0 Å². The molecule has 2 aliphatic rings. The third kappa shape index (κ3) is 2.20. The van der Waals surface area contributed by atoms with E-state index in [2.05, 4.69) is 0 Å².